The Balaban J connectivity index is 0.00000312. The van der Waals surface area contributed by atoms with Gasteiger partial charge in [0.2, 0.25) is 5.95 Å². The number of piperazine rings is 1. The number of hydrogen-bond donors (Lipinski definition) is 1. The van der Waals surface area contributed by atoms with Crippen molar-refractivity contribution in [3.05, 3.63) is 18.5 Å². The van der Waals surface area contributed by atoms with Crippen molar-refractivity contribution in [1.82, 2.24) is 25.1 Å². The van der Waals surface area contributed by atoms with Crippen LogP contribution in [-0.4, -0.2) is 84.6 Å². The van der Waals surface area contributed by atoms with Gasteiger partial charge in [0, 0.05) is 58.2 Å². The molecule has 1 N–H and O–H groups in total. The summed E-state index contributed by atoms with van der Waals surface area (Å²) >= 11 is 0. The Kier molecular flexibility index (Phi) is 10.0. The highest BCUT2D eigenvalue weighted by Gasteiger charge is 2.21. The van der Waals surface area contributed by atoms with Gasteiger partial charge in [0.05, 0.1) is 0 Å². The summed E-state index contributed by atoms with van der Waals surface area (Å²) in [5.41, 5.74) is 0. The van der Waals surface area contributed by atoms with Crippen molar-refractivity contribution in [1.29, 1.82) is 0 Å². The largest absolute Gasteiger partial charge is 0.355 e. The lowest BCUT2D eigenvalue weighted by Crippen LogP contribution is -2.54. The number of aliphatic imine (C=N–C) groups is 1. The molecule has 1 aromatic rings. The number of nitrogens with one attached hydrogen (secondary N) is 1. The van der Waals surface area contributed by atoms with E-state index in [1.165, 1.54) is 0 Å². The summed E-state index contributed by atoms with van der Waals surface area (Å²) in [5.74, 6) is 1.80. The lowest BCUT2D eigenvalue weighted by molar-refractivity contribution is 0.229. The van der Waals surface area contributed by atoms with Crippen LogP contribution in [0.4, 0.5) is 5.95 Å². The van der Waals surface area contributed by atoms with Gasteiger partial charge in [-0.25, -0.2) is 9.97 Å². The van der Waals surface area contributed by atoms with E-state index in [-0.39, 0.29) is 24.0 Å². The average molecular weight is 461 g/mol. The third kappa shape index (κ3) is 6.25. The number of halogens is 1. The van der Waals surface area contributed by atoms with Crippen LogP contribution in [0.15, 0.2) is 23.5 Å². The van der Waals surface area contributed by atoms with Gasteiger partial charge in [0.1, 0.15) is 0 Å². The Labute approximate surface area is 168 Å². The van der Waals surface area contributed by atoms with Crippen molar-refractivity contribution < 1.29 is 0 Å². The second kappa shape index (κ2) is 11.5. The highest BCUT2D eigenvalue weighted by Crippen LogP contribution is 2.09. The molecule has 1 aliphatic rings. The van der Waals surface area contributed by atoms with Crippen molar-refractivity contribution in [3.63, 3.8) is 0 Å². The molecule has 7 nitrogen and oxygen atoms in total. The summed E-state index contributed by atoms with van der Waals surface area (Å²) in [5, 5.41) is 3.53. The Morgan fingerprint density at radius 1 is 1.20 bits per heavy atom. The zero-order chi connectivity index (χ0) is 17.4. The van der Waals surface area contributed by atoms with Crippen LogP contribution < -0.4 is 10.2 Å². The number of nitrogens with zero attached hydrogens (tertiary/aromatic N) is 6. The Hall–Kier alpha value is -1.16. The van der Waals surface area contributed by atoms with E-state index in [1.54, 1.807) is 12.4 Å². The number of guanidine groups is 1. The van der Waals surface area contributed by atoms with Crippen LogP contribution in [0.3, 0.4) is 0 Å². The normalized spacial score (nSPS) is 16.6. The summed E-state index contributed by atoms with van der Waals surface area (Å²) in [6.07, 6.45) is 3.59. The molecule has 1 aromatic heterocycles. The maximum Gasteiger partial charge on any atom is 0.225 e. The molecular formula is C17H32IN7. The van der Waals surface area contributed by atoms with E-state index in [2.05, 4.69) is 55.7 Å². The van der Waals surface area contributed by atoms with E-state index in [0.29, 0.717) is 6.04 Å². The second-order valence-corrected chi connectivity index (χ2v) is 6.02. The minimum absolute atomic E-state index is 0. The van der Waals surface area contributed by atoms with E-state index < -0.39 is 0 Å². The van der Waals surface area contributed by atoms with Gasteiger partial charge in [0.15, 0.2) is 5.96 Å². The van der Waals surface area contributed by atoms with E-state index in [4.69, 9.17) is 0 Å². The SMILES string of the molecule is CCN(CC)C(C)CNC(=NC)N1CCN(c2ncccn2)CC1.I. The van der Waals surface area contributed by atoms with Crippen molar-refractivity contribution in [2.24, 2.45) is 4.99 Å². The molecule has 0 aliphatic carbocycles. The molecule has 1 aliphatic heterocycles. The highest BCUT2D eigenvalue weighted by atomic mass is 127. The number of aromatic nitrogens is 2. The molecular weight excluding hydrogens is 429 g/mol. The van der Waals surface area contributed by atoms with Crippen molar-refractivity contribution in [2.75, 3.05) is 57.8 Å². The fourth-order valence-electron chi connectivity index (χ4n) is 3.12. The van der Waals surface area contributed by atoms with Gasteiger partial charge in [-0.3, -0.25) is 9.89 Å². The van der Waals surface area contributed by atoms with Gasteiger partial charge < -0.3 is 15.1 Å². The van der Waals surface area contributed by atoms with Crippen LogP contribution in [0.5, 0.6) is 0 Å². The average Bonchev–Trinajstić information content (AvgIpc) is 2.64. The summed E-state index contributed by atoms with van der Waals surface area (Å²) in [4.78, 5) is 20.1. The lowest BCUT2D eigenvalue weighted by Gasteiger charge is -2.37. The molecule has 1 unspecified atom stereocenters. The van der Waals surface area contributed by atoms with E-state index in [1.807, 2.05) is 13.1 Å². The quantitative estimate of drug-likeness (QED) is 0.394. The lowest BCUT2D eigenvalue weighted by atomic mass is 10.2. The summed E-state index contributed by atoms with van der Waals surface area (Å²) < 4.78 is 0. The first kappa shape index (κ1) is 21.9. The Bertz CT molecular complexity index is 499. The minimum atomic E-state index is 0. The zero-order valence-electron chi connectivity index (χ0n) is 15.9. The van der Waals surface area contributed by atoms with Gasteiger partial charge in [-0.05, 0) is 26.1 Å². The topological polar surface area (TPSA) is 59.9 Å². The number of likely N-dealkylation sites (N-methyl/N-ethyl adjacent to an activating group) is 1. The van der Waals surface area contributed by atoms with E-state index in [9.17, 15) is 0 Å². The molecule has 0 aromatic carbocycles. The summed E-state index contributed by atoms with van der Waals surface area (Å²) in [6, 6.07) is 2.35. The third-order valence-electron chi connectivity index (χ3n) is 4.62. The Morgan fingerprint density at radius 2 is 1.80 bits per heavy atom. The molecule has 2 rings (SSSR count). The van der Waals surface area contributed by atoms with Gasteiger partial charge >= 0.3 is 0 Å². The zero-order valence-corrected chi connectivity index (χ0v) is 18.2. The van der Waals surface area contributed by atoms with E-state index >= 15 is 0 Å². The monoisotopic (exact) mass is 461 g/mol. The molecule has 0 spiro atoms. The molecule has 1 fully saturated rings. The first-order valence-corrected chi connectivity index (χ1v) is 8.91. The number of rotatable bonds is 6. The molecule has 0 bridgehead atoms. The van der Waals surface area contributed by atoms with Crippen LogP contribution in [0.25, 0.3) is 0 Å². The van der Waals surface area contributed by atoms with E-state index in [0.717, 1.165) is 57.7 Å². The van der Waals surface area contributed by atoms with Gasteiger partial charge in [0.25, 0.3) is 0 Å². The molecule has 1 atom stereocenters. The molecule has 25 heavy (non-hydrogen) atoms. The van der Waals surface area contributed by atoms with Crippen molar-refractivity contribution in [3.8, 4) is 0 Å². The maximum absolute atomic E-state index is 4.46. The molecule has 2 heterocycles. The third-order valence-corrected chi connectivity index (χ3v) is 4.62. The van der Waals surface area contributed by atoms with Crippen LogP contribution >= 0.6 is 24.0 Å². The predicted molar refractivity (Wildman–Crippen MR) is 115 cm³/mol. The Morgan fingerprint density at radius 3 is 2.32 bits per heavy atom. The molecule has 8 heteroatoms. The fraction of sp³-hybridized carbons (Fsp3) is 0.706. The molecule has 0 amide bonds. The standard InChI is InChI=1S/C17H31N7.HI/c1-5-22(6-2)15(3)14-21-16(18-4)23-10-12-24(13-11-23)17-19-8-7-9-20-17;/h7-9,15H,5-6,10-14H2,1-4H3,(H,18,21);1H. The molecule has 142 valence electrons. The van der Waals surface area contributed by atoms with Crippen LogP contribution in [-0.2, 0) is 0 Å². The van der Waals surface area contributed by atoms with Gasteiger partial charge in [-0.2, -0.15) is 0 Å². The summed E-state index contributed by atoms with van der Waals surface area (Å²) in [6.45, 7) is 13.4. The first-order valence-electron chi connectivity index (χ1n) is 8.91. The van der Waals surface area contributed by atoms with Crippen molar-refractivity contribution in [2.45, 2.75) is 26.8 Å². The number of anilines is 1. The maximum atomic E-state index is 4.46. The van der Waals surface area contributed by atoms with Crippen LogP contribution in [0.2, 0.25) is 0 Å². The highest BCUT2D eigenvalue weighted by molar-refractivity contribution is 14.0. The molecule has 0 saturated carbocycles. The van der Waals surface area contributed by atoms with Crippen LogP contribution in [0, 0.1) is 0 Å². The molecule has 1 saturated heterocycles. The fourth-order valence-corrected chi connectivity index (χ4v) is 3.12. The van der Waals surface area contributed by atoms with Crippen LogP contribution in [0.1, 0.15) is 20.8 Å². The summed E-state index contributed by atoms with van der Waals surface area (Å²) in [7, 11) is 1.86. The smallest absolute Gasteiger partial charge is 0.225 e. The second-order valence-electron chi connectivity index (χ2n) is 6.02. The number of hydrogen-bond acceptors (Lipinski definition) is 5. The van der Waals surface area contributed by atoms with Gasteiger partial charge in [-0.1, -0.05) is 13.8 Å². The first-order chi connectivity index (χ1) is 11.7. The van der Waals surface area contributed by atoms with Gasteiger partial charge in [-0.15, -0.1) is 24.0 Å². The molecule has 0 radical (unpaired) electrons. The van der Waals surface area contributed by atoms with Crippen molar-refractivity contribution >= 4 is 35.9 Å². The minimum Gasteiger partial charge on any atom is -0.355 e. The predicted octanol–water partition coefficient (Wildman–Crippen LogP) is 1.52.